The van der Waals surface area contributed by atoms with Crippen molar-refractivity contribution in [3.63, 3.8) is 0 Å². The summed E-state index contributed by atoms with van der Waals surface area (Å²) in [5.74, 6) is 0. The number of hydrogen-bond donors (Lipinski definition) is 0. The second-order valence-electron chi connectivity index (χ2n) is 3.62. The van der Waals surface area contributed by atoms with Crippen molar-refractivity contribution in [2.45, 2.75) is 16.8 Å². The minimum absolute atomic E-state index is 0.00774. The first-order valence-corrected chi connectivity index (χ1v) is 6.30. The summed E-state index contributed by atoms with van der Waals surface area (Å²) in [5, 5.41) is 11.9. The van der Waals surface area contributed by atoms with Crippen molar-refractivity contribution >= 4 is 29.1 Å². The molecule has 0 aliphatic heterocycles. The fourth-order valence-corrected chi connectivity index (χ4v) is 2.31. The average molecular weight is 281 g/mol. The number of nitrogens with zero attached hydrogens (tertiary/aromatic N) is 2. The van der Waals surface area contributed by atoms with Crippen molar-refractivity contribution in [2.24, 2.45) is 0 Å². The lowest BCUT2D eigenvalue weighted by Crippen LogP contribution is -1.89. The lowest BCUT2D eigenvalue weighted by atomic mass is 10.2. The topological polar surface area (TPSA) is 56.0 Å². The highest BCUT2D eigenvalue weighted by molar-refractivity contribution is 7.99. The van der Waals surface area contributed by atoms with Crippen LogP contribution >= 0.6 is 23.4 Å². The van der Waals surface area contributed by atoms with Gasteiger partial charge in [-0.2, -0.15) is 0 Å². The number of aryl methyl sites for hydroxylation is 1. The molecule has 0 radical (unpaired) electrons. The van der Waals surface area contributed by atoms with Gasteiger partial charge < -0.3 is 0 Å². The minimum Gasteiger partial charge on any atom is -0.258 e. The van der Waals surface area contributed by atoms with Gasteiger partial charge in [-0.05, 0) is 36.8 Å². The molecule has 0 bridgehead atoms. The molecule has 1 heterocycles. The Labute approximate surface area is 113 Å². The SMILES string of the molecule is Cc1cc(Sc2ccc([N+](=O)[O-])cn2)ccc1Cl. The number of nitro groups is 1. The summed E-state index contributed by atoms with van der Waals surface area (Å²) in [7, 11) is 0. The van der Waals surface area contributed by atoms with E-state index in [2.05, 4.69) is 4.98 Å². The second kappa shape index (κ2) is 5.37. The fraction of sp³-hybridized carbons (Fsp3) is 0.0833. The summed E-state index contributed by atoms with van der Waals surface area (Å²) >= 11 is 7.38. The van der Waals surface area contributed by atoms with E-state index in [1.807, 2.05) is 25.1 Å². The summed E-state index contributed by atoms with van der Waals surface area (Å²) in [4.78, 5) is 15.1. The van der Waals surface area contributed by atoms with Crippen molar-refractivity contribution in [3.8, 4) is 0 Å². The first kappa shape index (κ1) is 12.9. The lowest BCUT2D eigenvalue weighted by Gasteiger charge is -2.03. The minimum atomic E-state index is -0.464. The van der Waals surface area contributed by atoms with Crippen LogP contribution < -0.4 is 0 Å². The molecule has 0 saturated carbocycles. The van der Waals surface area contributed by atoms with Crippen LogP contribution in [-0.2, 0) is 0 Å². The molecule has 6 heteroatoms. The molecule has 0 aliphatic carbocycles. The maximum atomic E-state index is 10.5. The van der Waals surface area contributed by atoms with E-state index in [1.165, 1.54) is 24.0 Å². The van der Waals surface area contributed by atoms with E-state index in [0.29, 0.717) is 5.03 Å². The standard InChI is InChI=1S/C12H9ClN2O2S/c1-8-6-10(3-4-11(8)13)18-12-5-2-9(7-14-12)15(16)17/h2-7H,1H3. The van der Waals surface area contributed by atoms with Crippen LogP contribution in [0.25, 0.3) is 0 Å². The first-order valence-electron chi connectivity index (χ1n) is 5.11. The Morgan fingerprint density at radius 2 is 2.11 bits per heavy atom. The molecule has 1 aromatic heterocycles. The number of benzene rings is 1. The molecular formula is C12H9ClN2O2S. The monoisotopic (exact) mass is 280 g/mol. The van der Waals surface area contributed by atoms with E-state index in [1.54, 1.807) is 6.07 Å². The van der Waals surface area contributed by atoms with Gasteiger partial charge in [-0.3, -0.25) is 10.1 Å². The summed E-state index contributed by atoms with van der Waals surface area (Å²) in [6.45, 7) is 1.93. The highest BCUT2D eigenvalue weighted by Crippen LogP contribution is 2.29. The molecule has 18 heavy (non-hydrogen) atoms. The van der Waals surface area contributed by atoms with Gasteiger partial charge in [-0.25, -0.2) is 4.98 Å². The molecule has 2 aromatic rings. The first-order chi connectivity index (χ1) is 8.56. The van der Waals surface area contributed by atoms with E-state index < -0.39 is 4.92 Å². The highest BCUT2D eigenvalue weighted by Gasteiger charge is 2.06. The zero-order valence-electron chi connectivity index (χ0n) is 9.46. The van der Waals surface area contributed by atoms with Gasteiger partial charge in [0.2, 0.25) is 0 Å². The second-order valence-corrected chi connectivity index (χ2v) is 5.13. The molecule has 0 amide bonds. The van der Waals surface area contributed by atoms with Crippen LogP contribution in [-0.4, -0.2) is 9.91 Å². The molecule has 92 valence electrons. The third-order valence-electron chi connectivity index (χ3n) is 2.28. The van der Waals surface area contributed by atoms with Crippen LogP contribution in [0.3, 0.4) is 0 Å². The molecular weight excluding hydrogens is 272 g/mol. The molecule has 4 nitrogen and oxygen atoms in total. The molecule has 0 fully saturated rings. The normalized spacial score (nSPS) is 10.3. The number of halogens is 1. The summed E-state index contributed by atoms with van der Waals surface area (Å²) in [6.07, 6.45) is 1.26. The van der Waals surface area contributed by atoms with Crippen LogP contribution in [0.5, 0.6) is 0 Å². The predicted octanol–water partition coefficient (Wildman–Crippen LogP) is 4.10. The van der Waals surface area contributed by atoms with Gasteiger partial charge in [0.15, 0.2) is 0 Å². The van der Waals surface area contributed by atoms with Crippen molar-refractivity contribution in [2.75, 3.05) is 0 Å². The Morgan fingerprint density at radius 1 is 1.33 bits per heavy atom. The lowest BCUT2D eigenvalue weighted by molar-refractivity contribution is -0.385. The van der Waals surface area contributed by atoms with Crippen LogP contribution in [0.4, 0.5) is 5.69 Å². The van der Waals surface area contributed by atoms with Crippen LogP contribution in [0, 0.1) is 17.0 Å². The fourth-order valence-electron chi connectivity index (χ4n) is 1.34. The quantitative estimate of drug-likeness (QED) is 0.627. The van der Waals surface area contributed by atoms with Gasteiger partial charge in [0, 0.05) is 16.0 Å². The van der Waals surface area contributed by atoms with Crippen molar-refractivity contribution < 1.29 is 4.92 Å². The molecule has 0 spiro atoms. The smallest absolute Gasteiger partial charge is 0.258 e. The summed E-state index contributed by atoms with van der Waals surface area (Å²) in [6, 6.07) is 8.74. The third kappa shape index (κ3) is 3.00. The zero-order chi connectivity index (χ0) is 13.1. The molecule has 0 atom stereocenters. The van der Waals surface area contributed by atoms with Crippen molar-refractivity contribution in [3.05, 3.63) is 57.2 Å². The molecule has 2 rings (SSSR count). The summed E-state index contributed by atoms with van der Waals surface area (Å²) in [5.41, 5.74) is 0.982. The molecule has 0 saturated heterocycles. The van der Waals surface area contributed by atoms with Crippen molar-refractivity contribution in [1.29, 1.82) is 0 Å². The van der Waals surface area contributed by atoms with E-state index in [9.17, 15) is 10.1 Å². The van der Waals surface area contributed by atoms with Gasteiger partial charge in [-0.1, -0.05) is 23.4 Å². The Hall–Kier alpha value is -1.59. The van der Waals surface area contributed by atoms with Gasteiger partial charge in [0.1, 0.15) is 11.2 Å². The van der Waals surface area contributed by atoms with E-state index in [-0.39, 0.29) is 5.69 Å². The van der Waals surface area contributed by atoms with Crippen LogP contribution in [0.1, 0.15) is 5.56 Å². The van der Waals surface area contributed by atoms with Gasteiger partial charge in [-0.15, -0.1) is 0 Å². The van der Waals surface area contributed by atoms with Gasteiger partial charge in [0.05, 0.1) is 4.92 Å². The highest BCUT2D eigenvalue weighted by atomic mass is 35.5. The number of hydrogen-bond acceptors (Lipinski definition) is 4. The molecule has 1 aromatic carbocycles. The van der Waals surface area contributed by atoms with E-state index in [4.69, 9.17) is 11.6 Å². The van der Waals surface area contributed by atoms with Crippen molar-refractivity contribution in [1.82, 2.24) is 4.98 Å². The van der Waals surface area contributed by atoms with Crippen LogP contribution in [0.2, 0.25) is 5.02 Å². The van der Waals surface area contributed by atoms with E-state index >= 15 is 0 Å². The van der Waals surface area contributed by atoms with Gasteiger partial charge >= 0.3 is 0 Å². The summed E-state index contributed by atoms with van der Waals surface area (Å²) < 4.78 is 0. The van der Waals surface area contributed by atoms with Gasteiger partial charge in [0.25, 0.3) is 5.69 Å². The van der Waals surface area contributed by atoms with E-state index in [0.717, 1.165) is 15.5 Å². The maximum Gasteiger partial charge on any atom is 0.287 e. The zero-order valence-corrected chi connectivity index (χ0v) is 11.0. The average Bonchev–Trinajstić information content (AvgIpc) is 2.34. The molecule has 0 unspecified atom stereocenters. The largest absolute Gasteiger partial charge is 0.287 e. The Bertz CT molecular complexity index is 587. The Balaban J connectivity index is 2.18. The predicted molar refractivity (Wildman–Crippen MR) is 71.2 cm³/mol. The molecule has 0 N–H and O–H groups in total. The maximum absolute atomic E-state index is 10.5. The third-order valence-corrected chi connectivity index (χ3v) is 3.65. The Morgan fingerprint density at radius 3 is 2.67 bits per heavy atom. The number of aromatic nitrogens is 1. The number of pyridine rings is 1. The molecule has 0 aliphatic rings. The number of rotatable bonds is 3. The Kier molecular flexibility index (Phi) is 3.84. The van der Waals surface area contributed by atoms with Crippen LogP contribution in [0.15, 0.2) is 46.5 Å².